The van der Waals surface area contributed by atoms with Crippen LogP contribution in [0.3, 0.4) is 0 Å². The highest BCUT2D eigenvalue weighted by molar-refractivity contribution is 6.35. The monoisotopic (exact) mass is 256 g/mol. The Kier molecular flexibility index (Phi) is 2.99. The third kappa shape index (κ3) is 1.96. The fraction of sp³-hybridized carbons (Fsp3) is 0. The van der Waals surface area contributed by atoms with E-state index in [4.69, 9.17) is 28.9 Å². The maximum absolute atomic E-state index is 12.9. The van der Waals surface area contributed by atoms with Gasteiger partial charge in [-0.15, -0.1) is 0 Å². The van der Waals surface area contributed by atoms with E-state index in [9.17, 15) is 4.39 Å². The van der Waals surface area contributed by atoms with Crippen LogP contribution in [0.25, 0.3) is 11.1 Å². The molecular formula is C11H7Cl2FN2. The van der Waals surface area contributed by atoms with Gasteiger partial charge in [0.25, 0.3) is 0 Å². The smallest absolute Gasteiger partial charge is 0.124 e. The van der Waals surface area contributed by atoms with E-state index in [2.05, 4.69) is 4.98 Å². The van der Waals surface area contributed by atoms with Gasteiger partial charge < -0.3 is 5.73 Å². The lowest BCUT2D eigenvalue weighted by Crippen LogP contribution is -1.93. The zero-order valence-electron chi connectivity index (χ0n) is 8.05. The molecule has 0 saturated carbocycles. The summed E-state index contributed by atoms with van der Waals surface area (Å²) in [5.74, 6) is -0.401. The van der Waals surface area contributed by atoms with Gasteiger partial charge in [0.15, 0.2) is 0 Å². The fourth-order valence-corrected chi connectivity index (χ4v) is 1.79. The van der Waals surface area contributed by atoms with Crippen molar-refractivity contribution in [3.05, 3.63) is 46.5 Å². The SMILES string of the molecule is Nc1c(Cl)cncc1-c1ccc(F)cc1Cl. The Morgan fingerprint density at radius 1 is 1.06 bits per heavy atom. The van der Waals surface area contributed by atoms with E-state index in [-0.39, 0.29) is 5.02 Å². The van der Waals surface area contributed by atoms with E-state index in [1.165, 1.54) is 18.3 Å². The number of aromatic nitrogens is 1. The summed E-state index contributed by atoms with van der Waals surface area (Å²) in [6, 6.07) is 4.07. The summed E-state index contributed by atoms with van der Waals surface area (Å²) in [6.07, 6.45) is 2.98. The highest BCUT2D eigenvalue weighted by atomic mass is 35.5. The largest absolute Gasteiger partial charge is 0.397 e. The summed E-state index contributed by atoms with van der Waals surface area (Å²) in [5.41, 5.74) is 7.38. The molecule has 0 aliphatic carbocycles. The van der Waals surface area contributed by atoms with E-state index in [1.807, 2.05) is 0 Å². The van der Waals surface area contributed by atoms with E-state index >= 15 is 0 Å². The second kappa shape index (κ2) is 4.28. The Bertz CT molecular complexity index is 544. The number of nitrogens with two attached hydrogens (primary N) is 1. The van der Waals surface area contributed by atoms with E-state index in [0.29, 0.717) is 21.8 Å². The van der Waals surface area contributed by atoms with Gasteiger partial charge in [-0.05, 0) is 18.2 Å². The molecule has 0 fully saturated rings. The molecule has 5 heteroatoms. The van der Waals surface area contributed by atoms with Crippen molar-refractivity contribution in [2.45, 2.75) is 0 Å². The fourth-order valence-electron chi connectivity index (χ4n) is 1.37. The Morgan fingerprint density at radius 2 is 1.81 bits per heavy atom. The topological polar surface area (TPSA) is 38.9 Å². The Balaban J connectivity index is 2.63. The summed E-state index contributed by atoms with van der Waals surface area (Å²) >= 11 is 11.8. The minimum Gasteiger partial charge on any atom is -0.397 e. The van der Waals surface area contributed by atoms with Crippen molar-refractivity contribution in [2.75, 3.05) is 5.73 Å². The highest BCUT2D eigenvalue weighted by Gasteiger charge is 2.10. The molecule has 1 aromatic heterocycles. The molecule has 1 aromatic carbocycles. The zero-order chi connectivity index (χ0) is 11.7. The van der Waals surface area contributed by atoms with Gasteiger partial charge in [0.2, 0.25) is 0 Å². The third-order valence-corrected chi connectivity index (χ3v) is 2.77. The van der Waals surface area contributed by atoms with Crippen LogP contribution >= 0.6 is 23.2 Å². The summed E-state index contributed by atoms with van der Waals surface area (Å²) in [4.78, 5) is 3.92. The molecule has 2 rings (SSSR count). The molecule has 0 atom stereocenters. The Morgan fingerprint density at radius 3 is 2.50 bits per heavy atom. The van der Waals surface area contributed by atoms with Crippen LogP contribution < -0.4 is 5.73 Å². The average molecular weight is 257 g/mol. The molecule has 2 N–H and O–H groups in total. The van der Waals surface area contributed by atoms with Gasteiger partial charge in [0.05, 0.1) is 15.7 Å². The van der Waals surface area contributed by atoms with Crippen LogP contribution in [-0.4, -0.2) is 4.98 Å². The first-order valence-corrected chi connectivity index (χ1v) is 5.19. The van der Waals surface area contributed by atoms with Crippen LogP contribution in [0.15, 0.2) is 30.6 Å². The molecular weight excluding hydrogens is 250 g/mol. The van der Waals surface area contributed by atoms with Gasteiger partial charge in [0, 0.05) is 23.5 Å². The van der Waals surface area contributed by atoms with Gasteiger partial charge in [-0.1, -0.05) is 23.2 Å². The van der Waals surface area contributed by atoms with Crippen LogP contribution in [0.2, 0.25) is 10.0 Å². The molecule has 0 bridgehead atoms. The predicted molar refractivity (Wildman–Crippen MR) is 64.1 cm³/mol. The molecule has 0 radical (unpaired) electrons. The summed E-state index contributed by atoms with van der Waals surface area (Å²) in [7, 11) is 0. The van der Waals surface area contributed by atoms with Crippen molar-refractivity contribution in [1.82, 2.24) is 4.98 Å². The van der Waals surface area contributed by atoms with Crippen molar-refractivity contribution in [2.24, 2.45) is 0 Å². The lowest BCUT2D eigenvalue weighted by molar-refractivity contribution is 0.628. The Hall–Kier alpha value is -1.32. The van der Waals surface area contributed by atoms with Gasteiger partial charge >= 0.3 is 0 Å². The zero-order valence-corrected chi connectivity index (χ0v) is 9.56. The number of nitrogens with zero attached hydrogens (tertiary/aromatic N) is 1. The minimum absolute atomic E-state index is 0.274. The molecule has 0 aliphatic rings. The van der Waals surface area contributed by atoms with Crippen LogP contribution in [0.4, 0.5) is 10.1 Å². The standard InChI is InChI=1S/C11H7Cl2FN2/c12-9-3-6(14)1-2-7(9)8-4-16-5-10(13)11(8)15/h1-5H,(H2,15,16). The molecule has 0 unspecified atom stereocenters. The van der Waals surface area contributed by atoms with E-state index < -0.39 is 5.82 Å². The first-order valence-electron chi connectivity index (χ1n) is 4.44. The molecule has 1 heterocycles. The van der Waals surface area contributed by atoms with Crippen molar-refractivity contribution >= 4 is 28.9 Å². The molecule has 0 spiro atoms. The second-order valence-corrected chi connectivity index (χ2v) is 4.02. The number of anilines is 1. The number of benzene rings is 1. The van der Waals surface area contributed by atoms with Gasteiger partial charge in [-0.2, -0.15) is 0 Å². The number of nitrogen functional groups attached to an aromatic ring is 1. The Labute approximate surface area is 102 Å². The quantitative estimate of drug-likeness (QED) is 0.844. The van der Waals surface area contributed by atoms with Gasteiger partial charge in [-0.3, -0.25) is 4.98 Å². The molecule has 16 heavy (non-hydrogen) atoms. The summed E-state index contributed by atoms with van der Waals surface area (Å²) in [6.45, 7) is 0. The van der Waals surface area contributed by atoms with Crippen molar-refractivity contribution in [1.29, 1.82) is 0 Å². The lowest BCUT2D eigenvalue weighted by Gasteiger charge is -2.08. The number of rotatable bonds is 1. The minimum atomic E-state index is -0.401. The molecule has 0 saturated heterocycles. The number of pyridine rings is 1. The van der Waals surface area contributed by atoms with Gasteiger partial charge in [0.1, 0.15) is 5.82 Å². The van der Waals surface area contributed by atoms with Crippen LogP contribution in [-0.2, 0) is 0 Å². The van der Waals surface area contributed by atoms with Crippen LogP contribution in [0, 0.1) is 5.82 Å². The molecule has 82 valence electrons. The third-order valence-electron chi connectivity index (χ3n) is 2.16. The van der Waals surface area contributed by atoms with E-state index in [1.54, 1.807) is 12.3 Å². The van der Waals surface area contributed by atoms with Crippen LogP contribution in [0.5, 0.6) is 0 Å². The molecule has 2 nitrogen and oxygen atoms in total. The molecule has 2 aromatic rings. The second-order valence-electron chi connectivity index (χ2n) is 3.21. The van der Waals surface area contributed by atoms with Crippen LogP contribution in [0.1, 0.15) is 0 Å². The highest BCUT2D eigenvalue weighted by Crippen LogP contribution is 2.34. The predicted octanol–water partition coefficient (Wildman–Crippen LogP) is 3.78. The van der Waals surface area contributed by atoms with Crippen molar-refractivity contribution in [3.8, 4) is 11.1 Å². The maximum atomic E-state index is 12.9. The normalized spacial score (nSPS) is 10.4. The van der Waals surface area contributed by atoms with Crippen molar-refractivity contribution < 1.29 is 4.39 Å². The van der Waals surface area contributed by atoms with E-state index in [0.717, 1.165) is 0 Å². The summed E-state index contributed by atoms with van der Waals surface area (Å²) in [5, 5.41) is 0.619. The molecule has 0 aliphatic heterocycles. The lowest BCUT2D eigenvalue weighted by atomic mass is 10.1. The summed E-state index contributed by atoms with van der Waals surface area (Å²) < 4.78 is 12.9. The maximum Gasteiger partial charge on any atom is 0.124 e. The van der Waals surface area contributed by atoms with Gasteiger partial charge in [-0.25, -0.2) is 4.39 Å². The van der Waals surface area contributed by atoms with Crippen molar-refractivity contribution in [3.63, 3.8) is 0 Å². The molecule has 0 amide bonds. The number of hydrogen-bond acceptors (Lipinski definition) is 2. The average Bonchev–Trinajstić information content (AvgIpc) is 2.23. The first-order chi connectivity index (χ1) is 7.59. The first kappa shape index (κ1) is 11.2. The number of hydrogen-bond donors (Lipinski definition) is 1. The number of halogens is 3.